The zero-order valence-corrected chi connectivity index (χ0v) is 8.04. The van der Waals surface area contributed by atoms with E-state index in [0.717, 1.165) is 23.5 Å². The summed E-state index contributed by atoms with van der Waals surface area (Å²) < 4.78 is 5.91. The molecule has 2 heterocycles. The van der Waals surface area contributed by atoms with E-state index in [1.54, 1.807) is 6.20 Å². The molecule has 2 rings (SSSR count). The third-order valence-electron chi connectivity index (χ3n) is 1.76. The predicted molar refractivity (Wildman–Crippen MR) is 50.2 cm³/mol. The molecule has 0 bridgehead atoms. The molecule has 0 unspecified atom stereocenters. The Morgan fingerprint density at radius 2 is 2.42 bits per heavy atom. The van der Waals surface area contributed by atoms with Crippen LogP contribution in [0.15, 0.2) is 22.9 Å². The van der Waals surface area contributed by atoms with Crippen molar-refractivity contribution in [1.29, 1.82) is 0 Å². The Balaban J connectivity index is 2.06. The highest BCUT2D eigenvalue weighted by Crippen LogP contribution is 2.20. The van der Waals surface area contributed by atoms with Crippen LogP contribution >= 0.6 is 15.9 Å². The van der Waals surface area contributed by atoms with Gasteiger partial charge in [-0.2, -0.15) is 0 Å². The van der Waals surface area contributed by atoms with Crippen molar-refractivity contribution in [2.45, 2.75) is 6.04 Å². The SMILES string of the molecule is Brc1ncccc1NC1COC1. The summed E-state index contributed by atoms with van der Waals surface area (Å²) in [6.07, 6.45) is 1.76. The molecule has 12 heavy (non-hydrogen) atoms. The van der Waals surface area contributed by atoms with Crippen LogP contribution in [0.4, 0.5) is 5.69 Å². The molecular weight excluding hydrogens is 220 g/mol. The molecule has 1 aliphatic heterocycles. The maximum Gasteiger partial charge on any atom is 0.129 e. The Kier molecular flexibility index (Phi) is 2.28. The third kappa shape index (κ3) is 1.59. The number of anilines is 1. The van der Waals surface area contributed by atoms with Gasteiger partial charge in [-0.05, 0) is 28.1 Å². The third-order valence-corrected chi connectivity index (χ3v) is 2.39. The molecule has 4 heteroatoms. The number of hydrogen-bond acceptors (Lipinski definition) is 3. The lowest BCUT2D eigenvalue weighted by molar-refractivity contribution is 0.0210. The van der Waals surface area contributed by atoms with Crippen LogP contribution in [0.5, 0.6) is 0 Å². The molecule has 0 aromatic carbocycles. The fraction of sp³-hybridized carbons (Fsp3) is 0.375. The van der Waals surface area contributed by atoms with E-state index in [-0.39, 0.29) is 0 Å². The minimum Gasteiger partial charge on any atom is -0.377 e. The number of pyridine rings is 1. The van der Waals surface area contributed by atoms with E-state index in [0.29, 0.717) is 6.04 Å². The van der Waals surface area contributed by atoms with Crippen molar-refractivity contribution in [2.75, 3.05) is 18.5 Å². The highest BCUT2D eigenvalue weighted by Gasteiger charge is 2.18. The average molecular weight is 229 g/mol. The minimum atomic E-state index is 0.450. The topological polar surface area (TPSA) is 34.2 Å². The Labute approximate surface area is 79.3 Å². The number of rotatable bonds is 2. The summed E-state index contributed by atoms with van der Waals surface area (Å²) in [5.41, 5.74) is 1.03. The zero-order chi connectivity index (χ0) is 8.39. The smallest absolute Gasteiger partial charge is 0.129 e. The largest absolute Gasteiger partial charge is 0.377 e. The maximum absolute atomic E-state index is 5.05. The Morgan fingerprint density at radius 3 is 3.00 bits per heavy atom. The Bertz CT molecular complexity index is 276. The van der Waals surface area contributed by atoms with Gasteiger partial charge in [0.2, 0.25) is 0 Å². The van der Waals surface area contributed by atoms with Crippen LogP contribution in [-0.2, 0) is 4.74 Å². The fourth-order valence-corrected chi connectivity index (χ4v) is 1.40. The van der Waals surface area contributed by atoms with Gasteiger partial charge >= 0.3 is 0 Å². The number of aromatic nitrogens is 1. The van der Waals surface area contributed by atoms with Gasteiger partial charge in [-0.1, -0.05) is 0 Å². The Morgan fingerprint density at radius 1 is 1.58 bits per heavy atom. The summed E-state index contributed by atoms with van der Waals surface area (Å²) in [7, 11) is 0. The second-order valence-electron chi connectivity index (χ2n) is 2.72. The van der Waals surface area contributed by atoms with Gasteiger partial charge < -0.3 is 10.1 Å². The molecule has 0 atom stereocenters. The van der Waals surface area contributed by atoms with Crippen molar-refractivity contribution in [3.8, 4) is 0 Å². The first-order chi connectivity index (χ1) is 5.86. The summed E-state index contributed by atoms with van der Waals surface area (Å²) in [5.74, 6) is 0. The minimum absolute atomic E-state index is 0.450. The number of nitrogens with zero attached hydrogens (tertiary/aromatic N) is 1. The van der Waals surface area contributed by atoms with Gasteiger partial charge in [0.15, 0.2) is 0 Å². The molecule has 0 saturated carbocycles. The Hall–Kier alpha value is -0.610. The van der Waals surface area contributed by atoms with E-state index in [1.165, 1.54) is 0 Å². The van der Waals surface area contributed by atoms with E-state index in [9.17, 15) is 0 Å². The van der Waals surface area contributed by atoms with Crippen LogP contribution in [0.3, 0.4) is 0 Å². The molecule has 1 aromatic heterocycles. The van der Waals surface area contributed by atoms with Crippen molar-refractivity contribution >= 4 is 21.6 Å². The molecule has 1 saturated heterocycles. The van der Waals surface area contributed by atoms with Crippen LogP contribution in [0.25, 0.3) is 0 Å². The van der Waals surface area contributed by atoms with Gasteiger partial charge in [-0.15, -0.1) is 0 Å². The number of halogens is 1. The first kappa shape index (κ1) is 8.01. The van der Waals surface area contributed by atoms with Crippen LogP contribution in [0, 0.1) is 0 Å². The van der Waals surface area contributed by atoms with Crippen molar-refractivity contribution in [1.82, 2.24) is 4.98 Å². The van der Waals surface area contributed by atoms with Gasteiger partial charge in [0.05, 0.1) is 24.9 Å². The molecule has 1 aromatic rings. The number of ether oxygens (including phenoxy) is 1. The first-order valence-electron chi connectivity index (χ1n) is 3.81. The average Bonchev–Trinajstić information content (AvgIpc) is 2.00. The molecule has 0 amide bonds. The van der Waals surface area contributed by atoms with Crippen LogP contribution in [0.1, 0.15) is 0 Å². The van der Waals surface area contributed by atoms with Crippen LogP contribution in [-0.4, -0.2) is 24.2 Å². The molecule has 64 valence electrons. The lowest BCUT2D eigenvalue weighted by Gasteiger charge is -2.27. The van der Waals surface area contributed by atoms with E-state index >= 15 is 0 Å². The number of hydrogen-bond donors (Lipinski definition) is 1. The molecule has 0 spiro atoms. The van der Waals surface area contributed by atoms with Gasteiger partial charge in [-0.25, -0.2) is 4.98 Å². The second kappa shape index (κ2) is 3.41. The van der Waals surface area contributed by atoms with E-state index in [2.05, 4.69) is 26.2 Å². The van der Waals surface area contributed by atoms with Crippen molar-refractivity contribution in [3.05, 3.63) is 22.9 Å². The summed E-state index contributed by atoms with van der Waals surface area (Å²) in [6.45, 7) is 1.59. The summed E-state index contributed by atoms with van der Waals surface area (Å²) in [4.78, 5) is 4.10. The normalized spacial score (nSPS) is 17.1. The lowest BCUT2D eigenvalue weighted by Crippen LogP contribution is -2.40. The predicted octanol–water partition coefficient (Wildman–Crippen LogP) is 1.65. The summed E-state index contributed by atoms with van der Waals surface area (Å²) >= 11 is 3.36. The van der Waals surface area contributed by atoms with Gasteiger partial charge in [0.1, 0.15) is 4.60 Å². The molecule has 1 fully saturated rings. The van der Waals surface area contributed by atoms with Crippen molar-refractivity contribution < 1.29 is 4.74 Å². The van der Waals surface area contributed by atoms with E-state index in [4.69, 9.17) is 4.74 Å². The van der Waals surface area contributed by atoms with E-state index < -0.39 is 0 Å². The fourth-order valence-electron chi connectivity index (χ4n) is 1.03. The second-order valence-corrected chi connectivity index (χ2v) is 3.47. The maximum atomic E-state index is 5.05. The van der Waals surface area contributed by atoms with E-state index in [1.807, 2.05) is 12.1 Å². The number of nitrogens with one attached hydrogen (secondary N) is 1. The molecule has 1 N–H and O–H groups in total. The molecule has 3 nitrogen and oxygen atoms in total. The molecule has 0 aliphatic carbocycles. The standard InChI is InChI=1S/C8H9BrN2O/c9-8-7(2-1-3-10-8)11-6-4-12-5-6/h1-3,6,11H,4-5H2. The highest BCUT2D eigenvalue weighted by molar-refractivity contribution is 9.10. The van der Waals surface area contributed by atoms with Crippen LogP contribution < -0.4 is 5.32 Å². The van der Waals surface area contributed by atoms with Gasteiger partial charge in [-0.3, -0.25) is 0 Å². The summed E-state index contributed by atoms with van der Waals surface area (Å²) in [6, 6.07) is 4.35. The van der Waals surface area contributed by atoms with Crippen molar-refractivity contribution in [3.63, 3.8) is 0 Å². The zero-order valence-electron chi connectivity index (χ0n) is 6.46. The van der Waals surface area contributed by atoms with Crippen molar-refractivity contribution in [2.24, 2.45) is 0 Å². The van der Waals surface area contributed by atoms with Gasteiger partial charge in [0.25, 0.3) is 0 Å². The van der Waals surface area contributed by atoms with Crippen LogP contribution in [0.2, 0.25) is 0 Å². The molecular formula is C8H9BrN2O. The van der Waals surface area contributed by atoms with Gasteiger partial charge in [0, 0.05) is 6.20 Å². The highest BCUT2D eigenvalue weighted by atomic mass is 79.9. The summed E-state index contributed by atoms with van der Waals surface area (Å²) in [5, 5.41) is 3.31. The molecule has 1 aliphatic rings. The quantitative estimate of drug-likeness (QED) is 0.783. The lowest BCUT2D eigenvalue weighted by atomic mass is 10.2. The molecule has 0 radical (unpaired) electrons. The first-order valence-corrected chi connectivity index (χ1v) is 4.60. The monoisotopic (exact) mass is 228 g/mol.